The highest BCUT2D eigenvalue weighted by Gasteiger charge is 2.10. The van der Waals surface area contributed by atoms with Crippen molar-refractivity contribution in [3.05, 3.63) is 66.2 Å². The molecule has 0 aliphatic rings. The van der Waals surface area contributed by atoms with E-state index in [-0.39, 0.29) is 36.7 Å². The van der Waals surface area contributed by atoms with E-state index < -0.39 is 11.8 Å². The van der Waals surface area contributed by atoms with E-state index in [9.17, 15) is 9.18 Å². The van der Waals surface area contributed by atoms with Crippen LogP contribution in [0, 0.1) is 5.82 Å². The second kappa shape index (κ2) is 8.56. The van der Waals surface area contributed by atoms with Gasteiger partial charge in [-0.05, 0) is 24.3 Å². The number of nitrogens with one attached hydrogen (secondary N) is 1. The van der Waals surface area contributed by atoms with Gasteiger partial charge in [0.15, 0.2) is 19.0 Å². The van der Waals surface area contributed by atoms with Crippen LogP contribution in [0.4, 0.5) is 22.0 Å². The second-order valence-electron chi connectivity index (χ2n) is 5.33. The summed E-state index contributed by atoms with van der Waals surface area (Å²) in [5, 5.41) is 2.98. The molecule has 0 radical (unpaired) electrons. The third kappa shape index (κ3) is 5.63. The van der Waals surface area contributed by atoms with Crippen LogP contribution >= 0.6 is 0 Å². The summed E-state index contributed by atoms with van der Waals surface area (Å²) in [6.45, 7) is -0.583. The third-order valence-electron chi connectivity index (χ3n) is 3.24. The number of anilines is 3. The average molecular weight is 369 g/mol. The zero-order valence-electron chi connectivity index (χ0n) is 14.1. The molecule has 0 saturated heterocycles. The molecule has 9 heteroatoms. The topological polar surface area (TPSA) is 112 Å². The Kier molecular flexibility index (Phi) is 5.73. The number of para-hydroxylation sites is 1. The third-order valence-corrected chi connectivity index (χ3v) is 3.24. The number of nitrogen functional groups attached to an aromatic ring is 1. The van der Waals surface area contributed by atoms with E-state index in [0.29, 0.717) is 0 Å². The van der Waals surface area contributed by atoms with Gasteiger partial charge in [0.2, 0.25) is 11.9 Å². The molecule has 138 valence electrons. The molecule has 0 saturated carbocycles. The maximum Gasteiger partial charge on any atom is 0.344 e. The Labute approximate surface area is 154 Å². The van der Waals surface area contributed by atoms with E-state index in [0.717, 1.165) is 5.69 Å². The first kappa shape index (κ1) is 18.1. The maximum absolute atomic E-state index is 13.1. The molecule has 3 aromatic rings. The van der Waals surface area contributed by atoms with Crippen LogP contribution in [0.25, 0.3) is 0 Å². The summed E-state index contributed by atoms with van der Waals surface area (Å²) >= 11 is 0. The summed E-state index contributed by atoms with van der Waals surface area (Å²) in [7, 11) is 0. The lowest BCUT2D eigenvalue weighted by molar-refractivity contribution is -0.147. The molecule has 1 aromatic heterocycles. The lowest BCUT2D eigenvalue weighted by Gasteiger charge is -2.09. The van der Waals surface area contributed by atoms with Gasteiger partial charge in [-0.2, -0.15) is 15.0 Å². The van der Waals surface area contributed by atoms with Gasteiger partial charge in [0.1, 0.15) is 11.6 Å². The molecule has 0 aliphatic heterocycles. The van der Waals surface area contributed by atoms with Crippen molar-refractivity contribution < 1.29 is 18.7 Å². The molecule has 2 aromatic carbocycles. The van der Waals surface area contributed by atoms with Crippen molar-refractivity contribution in [3.8, 4) is 5.75 Å². The summed E-state index contributed by atoms with van der Waals surface area (Å²) < 4.78 is 23.3. The first-order chi connectivity index (χ1) is 13.1. The largest absolute Gasteiger partial charge is 0.482 e. The van der Waals surface area contributed by atoms with Crippen LogP contribution in [0.5, 0.6) is 5.75 Å². The van der Waals surface area contributed by atoms with E-state index >= 15 is 0 Å². The summed E-state index contributed by atoms with van der Waals surface area (Å²) in [5.41, 5.74) is 6.44. The van der Waals surface area contributed by atoms with E-state index in [1.807, 2.05) is 30.3 Å². The highest BCUT2D eigenvalue weighted by atomic mass is 19.1. The van der Waals surface area contributed by atoms with Crippen molar-refractivity contribution in [3.63, 3.8) is 0 Å². The SMILES string of the molecule is Nc1nc(COC(=O)COc2cccc(F)c2)nc(Nc2ccccc2)n1. The second-order valence-corrected chi connectivity index (χ2v) is 5.33. The van der Waals surface area contributed by atoms with Gasteiger partial charge in [0.25, 0.3) is 0 Å². The molecule has 3 rings (SSSR count). The highest BCUT2D eigenvalue weighted by molar-refractivity contribution is 5.71. The first-order valence-corrected chi connectivity index (χ1v) is 7.95. The van der Waals surface area contributed by atoms with Crippen LogP contribution in [-0.4, -0.2) is 27.5 Å². The number of carbonyl (C=O) groups excluding carboxylic acids is 1. The number of rotatable bonds is 7. The molecular formula is C18H16FN5O3. The lowest BCUT2D eigenvalue weighted by atomic mass is 10.3. The molecule has 27 heavy (non-hydrogen) atoms. The zero-order valence-corrected chi connectivity index (χ0v) is 14.1. The molecule has 0 atom stereocenters. The van der Waals surface area contributed by atoms with Crippen molar-refractivity contribution in [2.45, 2.75) is 6.61 Å². The molecule has 0 fully saturated rings. The average Bonchev–Trinajstić information content (AvgIpc) is 2.65. The molecule has 3 N–H and O–H groups in total. The van der Waals surface area contributed by atoms with Crippen molar-refractivity contribution >= 4 is 23.6 Å². The fourth-order valence-corrected chi connectivity index (χ4v) is 2.09. The molecule has 0 spiro atoms. The molecule has 8 nitrogen and oxygen atoms in total. The van der Waals surface area contributed by atoms with Gasteiger partial charge in [0.05, 0.1) is 0 Å². The Morgan fingerprint density at radius 1 is 1.07 bits per heavy atom. The molecular weight excluding hydrogens is 353 g/mol. The van der Waals surface area contributed by atoms with Crippen molar-refractivity contribution in [1.29, 1.82) is 0 Å². The van der Waals surface area contributed by atoms with Gasteiger partial charge in [-0.1, -0.05) is 24.3 Å². The number of nitrogens with zero attached hydrogens (tertiary/aromatic N) is 3. The van der Waals surface area contributed by atoms with Crippen LogP contribution < -0.4 is 15.8 Å². The van der Waals surface area contributed by atoms with E-state index in [1.165, 1.54) is 24.3 Å². The standard InChI is InChI=1S/C18H16FN5O3/c19-12-5-4-8-14(9-12)26-11-16(25)27-10-15-22-17(20)24-18(23-15)21-13-6-2-1-3-7-13/h1-9H,10-11H2,(H3,20,21,22,23,24). The summed E-state index contributed by atoms with van der Waals surface area (Å²) in [6.07, 6.45) is 0. The van der Waals surface area contributed by atoms with Crippen molar-refractivity contribution in [1.82, 2.24) is 15.0 Å². The Morgan fingerprint density at radius 2 is 1.89 bits per heavy atom. The smallest absolute Gasteiger partial charge is 0.344 e. The maximum atomic E-state index is 13.1. The van der Waals surface area contributed by atoms with Gasteiger partial charge in [-0.3, -0.25) is 0 Å². The van der Waals surface area contributed by atoms with Gasteiger partial charge in [-0.25, -0.2) is 9.18 Å². The number of ether oxygens (including phenoxy) is 2. The van der Waals surface area contributed by atoms with E-state index in [4.69, 9.17) is 15.2 Å². The highest BCUT2D eigenvalue weighted by Crippen LogP contribution is 2.14. The van der Waals surface area contributed by atoms with Crippen LogP contribution in [0.3, 0.4) is 0 Å². The van der Waals surface area contributed by atoms with Crippen molar-refractivity contribution in [2.24, 2.45) is 0 Å². The van der Waals surface area contributed by atoms with Crippen LogP contribution in [0.2, 0.25) is 0 Å². The Bertz CT molecular complexity index is 924. The molecule has 1 heterocycles. The lowest BCUT2D eigenvalue weighted by Crippen LogP contribution is -2.16. The predicted octanol–water partition coefficient (Wildman–Crippen LogP) is 2.46. The van der Waals surface area contributed by atoms with Crippen LogP contribution in [0.1, 0.15) is 5.82 Å². The molecule has 0 amide bonds. The Morgan fingerprint density at radius 3 is 2.67 bits per heavy atom. The number of esters is 1. The zero-order chi connectivity index (χ0) is 19.1. The number of hydrogen-bond acceptors (Lipinski definition) is 8. The summed E-state index contributed by atoms with van der Waals surface area (Å²) in [5.74, 6) is -0.484. The van der Waals surface area contributed by atoms with Crippen LogP contribution in [-0.2, 0) is 16.1 Å². The van der Waals surface area contributed by atoms with Gasteiger partial charge in [0, 0.05) is 11.8 Å². The number of nitrogens with two attached hydrogens (primary N) is 1. The Hall–Kier alpha value is -3.75. The number of aromatic nitrogens is 3. The minimum atomic E-state index is -0.657. The van der Waals surface area contributed by atoms with Gasteiger partial charge < -0.3 is 20.5 Å². The monoisotopic (exact) mass is 369 g/mol. The quantitative estimate of drug-likeness (QED) is 0.611. The predicted molar refractivity (Wildman–Crippen MR) is 95.7 cm³/mol. The molecule has 0 bridgehead atoms. The molecule has 0 unspecified atom stereocenters. The van der Waals surface area contributed by atoms with Crippen LogP contribution in [0.15, 0.2) is 54.6 Å². The number of benzene rings is 2. The summed E-state index contributed by atoms with van der Waals surface area (Å²) in [4.78, 5) is 23.8. The van der Waals surface area contributed by atoms with E-state index in [2.05, 4.69) is 20.3 Å². The number of hydrogen-bond donors (Lipinski definition) is 2. The fraction of sp³-hybridized carbons (Fsp3) is 0.111. The van der Waals surface area contributed by atoms with Gasteiger partial charge in [-0.15, -0.1) is 0 Å². The minimum absolute atomic E-state index is 0.00880. The fourth-order valence-electron chi connectivity index (χ4n) is 2.09. The minimum Gasteiger partial charge on any atom is -0.482 e. The Balaban J connectivity index is 1.54. The number of carbonyl (C=O) groups is 1. The first-order valence-electron chi connectivity index (χ1n) is 7.95. The summed E-state index contributed by atoms with van der Waals surface area (Å²) in [6, 6.07) is 14.7. The molecule has 0 aliphatic carbocycles. The normalized spacial score (nSPS) is 10.3. The van der Waals surface area contributed by atoms with E-state index in [1.54, 1.807) is 0 Å². The number of halogens is 1. The van der Waals surface area contributed by atoms with Crippen molar-refractivity contribution in [2.75, 3.05) is 17.7 Å². The van der Waals surface area contributed by atoms with Gasteiger partial charge >= 0.3 is 5.97 Å².